The number of thiophene rings is 1. The van der Waals surface area contributed by atoms with Crippen molar-refractivity contribution in [1.82, 2.24) is 4.98 Å². The van der Waals surface area contributed by atoms with E-state index in [4.69, 9.17) is 0 Å². The number of hydrogen-bond donors (Lipinski definition) is 1. The van der Waals surface area contributed by atoms with Crippen molar-refractivity contribution in [2.24, 2.45) is 0 Å². The van der Waals surface area contributed by atoms with Crippen molar-refractivity contribution >= 4 is 27.1 Å². The molecule has 0 saturated carbocycles. The van der Waals surface area contributed by atoms with Crippen LogP contribution in [0.15, 0.2) is 48.0 Å². The molecule has 0 radical (unpaired) electrons. The third-order valence-electron chi connectivity index (χ3n) is 3.75. The first-order chi connectivity index (χ1) is 9.40. The second-order valence-electron chi connectivity index (χ2n) is 4.96. The Hall–Kier alpha value is -1.87. The highest BCUT2D eigenvalue weighted by atomic mass is 32.1. The third-order valence-corrected chi connectivity index (χ3v) is 4.65. The van der Waals surface area contributed by atoms with E-state index in [9.17, 15) is 0 Å². The molecule has 0 fully saturated rings. The average molecular weight is 266 g/mol. The molecule has 94 valence electrons. The Kier molecular flexibility index (Phi) is 2.52. The van der Waals surface area contributed by atoms with E-state index in [1.165, 1.54) is 27.0 Å². The number of aryl methyl sites for hydroxylation is 1. The van der Waals surface area contributed by atoms with Gasteiger partial charge in [0, 0.05) is 16.6 Å². The van der Waals surface area contributed by atoms with Gasteiger partial charge in [-0.3, -0.25) is 4.98 Å². The average Bonchev–Trinajstić information content (AvgIpc) is 3.06. The van der Waals surface area contributed by atoms with Crippen LogP contribution in [0.5, 0.6) is 0 Å². The van der Waals surface area contributed by atoms with Crippen LogP contribution in [0, 0.1) is 0 Å². The molecule has 0 spiro atoms. The first-order valence-corrected chi connectivity index (χ1v) is 7.46. The summed E-state index contributed by atoms with van der Waals surface area (Å²) in [6.45, 7) is 0. The second kappa shape index (κ2) is 4.35. The van der Waals surface area contributed by atoms with Crippen LogP contribution in [0.25, 0.3) is 10.1 Å². The van der Waals surface area contributed by atoms with Crippen molar-refractivity contribution in [3.05, 3.63) is 59.2 Å². The molecule has 0 aliphatic heterocycles. The second-order valence-corrected chi connectivity index (χ2v) is 5.90. The summed E-state index contributed by atoms with van der Waals surface area (Å²) in [6.07, 6.45) is 4.15. The zero-order valence-corrected chi connectivity index (χ0v) is 11.3. The van der Waals surface area contributed by atoms with E-state index >= 15 is 0 Å². The maximum absolute atomic E-state index is 4.53. The van der Waals surface area contributed by atoms with E-state index in [1.807, 2.05) is 12.3 Å². The minimum Gasteiger partial charge on any atom is -0.377 e. The number of hydrogen-bond acceptors (Lipinski definition) is 3. The first kappa shape index (κ1) is 11.0. The van der Waals surface area contributed by atoms with Crippen molar-refractivity contribution in [2.45, 2.75) is 18.9 Å². The van der Waals surface area contributed by atoms with Gasteiger partial charge in [-0.1, -0.05) is 6.07 Å². The zero-order chi connectivity index (χ0) is 12.7. The zero-order valence-electron chi connectivity index (χ0n) is 10.5. The molecule has 0 amide bonds. The van der Waals surface area contributed by atoms with Gasteiger partial charge in [-0.15, -0.1) is 11.3 Å². The molecular formula is C16H14N2S. The standard InChI is InChI=1S/C16H14N2S/c1-2-11-3-5-14(16(11)17-8-1)18-13-4-6-15-12(10-13)7-9-19-15/h1-2,4,6-10,14,18H,3,5H2. The number of benzene rings is 1. The van der Waals surface area contributed by atoms with Gasteiger partial charge in [0.15, 0.2) is 0 Å². The molecule has 3 aromatic rings. The predicted molar refractivity (Wildman–Crippen MR) is 80.7 cm³/mol. The van der Waals surface area contributed by atoms with Crippen molar-refractivity contribution in [3.8, 4) is 0 Å². The lowest BCUT2D eigenvalue weighted by molar-refractivity contribution is 0.746. The van der Waals surface area contributed by atoms with Gasteiger partial charge in [0.05, 0.1) is 11.7 Å². The molecule has 1 aliphatic carbocycles. The lowest BCUT2D eigenvalue weighted by Gasteiger charge is -2.14. The van der Waals surface area contributed by atoms with E-state index in [0.29, 0.717) is 6.04 Å². The molecule has 1 unspecified atom stereocenters. The molecule has 2 heterocycles. The lowest BCUT2D eigenvalue weighted by Crippen LogP contribution is -2.08. The Balaban J connectivity index is 1.65. The van der Waals surface area contributed by atoms with Crippen LogP contribution in [0.4, 0.5) is 5.69 Å². The van der Waals surface area contributed by atoms with E-state index in [0.717, 1.165) is 12.8 Å². The molecule has 1 aromatic carbocycles. The monoisotopic (exact) mass is 266 g/mol. The van der Waals surface area contributed by atoms with Crippen LogP contribution in [0.1, 0.15) is 23.7 Å². The summed E-state index contributed by atoms with van der Waals surface area (Å²) in [4.78, 5) is 4.53. The summed E-state index contributed by atoms with van der Waals surface area (Å²) in [5.41, 5.74) is 3.79. The molecule has 0 bridgehead atoms. The molecule has 1 atom stereocenters. The Bertz CT molecular complexity index is 732. The highest BCUT2D eigenvalue weighted by Gasteiger charge is 2.23. The van der Waals surface area contributed by atoms with Crippen LogP contribution in [0.2, 0.25) is 0 Å². The van der Waals surface area contributed by atoms with Crippen LogP contribution in [-0.4, -0.2) is 4.98 Å². The molecule has 2 aromatic heterocycles. The highest BCUT2D eigenvalue weighted by Crippen LogP contribution is 2.33. The summed E-state index contributed by atoms with van der Waals surface area (Å²) < 4.78 is 1.34. The maximum atomic E-state index is 4.53. The molecule has 2 nitrogen and oxygen atoms in total. The number of nitrogens with zero attached hydrogens (tertiary/aromatic N) is 1. The lowest BCUT2D eigenvalue weighted by atomic mass is 10.2. The fraction of sp³-hybridized carbons (Fsp3) is 0.188. The van der Waals surface area contributed by atoms with Crippen LogP contribution < -0.4 is 5.32 Å². The topological polar surface area (TPSA) is 24.9 Å². The number of fused-ring (bicyclic) bond motifs is 2. The van der Waals surface area contributed by atoms with E-state index in [2.05, 4.69) is 46.0 Å². The summed E-state index contributed by atoms with van der Waals surface area (Å²) in [6, 6.07) is 13.3. The van der Waals surface area contributed by atoms with Gasteiger partial charge in [-0.2, -0.15) is 0 Å². The third kappa shape index (κ3) is 1.90. The Labute approximate surface area is 116 Å². The maximum Gasteiger partial charge on any atom is 0.0691 e. The molecule has 19 heavy (non-hydrogen) atoms. The normalized spacial score (nSPS) is 17.6. The Morgan fingerprint density at radius 2 is 2.21 bits per heavy atom. The van der Waals surface area contributed by atoms with E-state index in [-0.39, 0.29) is 0 Å². The van der Waals surface area contributed by atoms with Crippen LogP contribution in [0.3, 0.4) is 0 Å². The summed E-state index contributed by atoms with van der Waals surface area (Å²) in [5.74, 6) is 0. The predicted octanol–water partition coefficient (Wildman–Crippen LogP) is 4.40. The number of nitrogens with one attached hydrogen (secondary N) is 1. The van der Waals surface area contributed by atoms with Gasteiger partial charge in [-0.25, -0.2) is 0 Å². The summed E-state index contributed by atoms with van der Waals surface area (Å²) >= 11 is 1.79. The summed E-state index contributed by atoms with van der Waals surface area (Å²) in [7, 11) is 0. The number of aromatic nitrogens is 1. The number of anilines is 1. The fourth-order valence-electron chi connectivity index (χ4n) is 2.81. The highest BCUT2D eigenvalue weighted by molar-refractivity contribution is 7.17. The first-order valence-electron chi connectivity index (χ1n) is 6.58. The largest absolute Gasteiger partial charge is 0.377 e. The summed E-state index contributed by atoms with van der Waals surface area (Å²) in [5, 5.41) is 7.07. The fourth-order valence-corrected chi connectivity index (χ4v) is 3.58. The smallest absolute Gasteiger partial charge is 0.0691 e. The van der Waals surface area contributed by atoms with Gasteiger partial charge >= 0.3 is 0 Å². The minimum atomic E-state index is 0.354. The van der Waals surface area contributed by atoms with Crippen LogP contribution >= 0.6 is 11.3 Å². The number of pyridine rings is 1. The van der Waals surface area contributed by atoms with Gasteiger partial charge in [-0.05, 0) is 59.5 Å². The van der Waals surface area contributed by atoms with Crippen molar-refractivity contribution in [2.75, 3.05) is 5.32 Å². The molecule has 1 aliphatic rings. The Morgan fingerprint density at radius 1 is 1.21 bits per heavy atom. The van der Waals surface area contributed by atoms with Gasteiger partial charge < -0.3 is 5.32 Å². The van der Waals surface area contributed by atoms with Gasteiger partial charge in [0.1, 0.15) is 0 Å². The molecule has 0 saturated heterocycles. The van der Waals surface area contributed by atoms with Crippen LogP contribution in [-0.2, 0) is 6.42 Å². The Morgan fingerprint density at radius 3 is 3.21 bits per heavy atom. The van der Waals surface area contributed by atoms with Gasteiger partial charge in [0.25, 0.3) is 0 Å². The van der Waals surface area contributed by atoms with Crippen molar-refractivity contribution in [1.29, 1.82) is 0 Å². The number of rotatable bonds is 2. The minimum absolute atomic E-state index is 0.354. The van der Waals surface area contributed by atoms with Gasteiger partial charge in [0.2, 0.25) is 0 Å². The quantitative estimate of drug-likeness (QED) is 0.744. The van der Waals surface area contributed by atoms with Crippen molar-refractivity contribution in [3.63, 3.8) is 0 Å². The van der Waals surface area contributed by atoms with Crippen molar-refractivity contribution < 1.29 is 0 Å². The molecule has 1 N–H and O–H groups in total. The van der Waals surface area contributed by atoms with E-state index < -0.39 is 0 Å². The SMILES string of the molecule is c1cnc2c(c1)CCC2Nc1ccc2sccc2c1. The molecule has 4 rings (SSSR count). The van der Waals surface area contributed by atoms with E-state index in [1.54, 1.807) is 11.3 Å². The molecular weight excluding hydrogens is 252 g/mol. The molecule has 3 heteroatoms.